The monoisotopic (exact) mass is 511 g/mol. The molecule has 0 aliphatic heterocycles. The number of guanidine groups is 1. The molecule has 8 nitrogen and oxygen atoms in total. The van der Waals surface area contributed by atoms with Crippen LogP contribution in [0.3, 0.4) is 0 Å². The molecule has 3 N–H and O–H groups in total. The molecule has 0 saturated heterocycles. The lowest BCUT2D eigenvalue weighted by molar-refractivity contribution is 0.0672. The summed E-state index contributed by atoms with van der Waals surface area (Å²) in [6, 6.07) is 8.14. The van der Waals surface area contributed by atoms with E-state index >= 15 is 0 Å². The number of rotatable bonds is 7. The Morgan fingerprint density at radius 2 is 2.03 bits per heavy atom. The van der Waals surface area contributed by atoms with Crippen molar-refractivity contribution in [3.8, 4) is 0 Å². The Morgan fingerprint density at radius 1 is 1.28 bits per heavy atom. The molecule has 0 aliphatic rings. The van der Waals surface area contributed by atoms with Gasteiger partial charge in [0.05, 0.1) is 23.8 Å². The number of hydrogen-bond donors (Lipinski definition) is 3. The Balaban J connectivity index is 0.00000300. The maximum atomic E-state index is 10.7. The van der Waals surface area contributed by atoms with Crippen molar-refractivity contribution >= 4 is 41.0 Å². The predicted molar refractivity (Wildman–Crippen MR) is 127 cm³/mol. The fourth-order valence-corrected chi connectivity index (χ4v) is 3.13. The molecular formula is C20H30IN7O. The Bertz CT molecular complexity index is 961. The molecule has 158 valence electrons. The van der Waals surface area contributed by atoms with Gasteiger partial charge < -0.3 is 20.3 Å². The number of aromatic nitrogens is 4. The number of aliphatic hydroxyl groups is 1. The number of fused-ring (bicyclic) bond motifs is 1. The molecule has 0 spiro atoms. The molecule has 29 heavy (non-hydrogen) atoms. The quantitative estimate of drug-likeness (QED) is 0.257. The first-order valence-electron chi connectivity index (χ1n) is 9.56. The van der Waals surface area contributed by atoms with Crippen molar-refractivity contribution in [2.24, 2.45) is 12.0 Å². The summed E-state index contributed by atoms with van der Waals surface area (Å²) in [6.07, 6.45) is 3.48. The highest BCUT2D eigenvalue weighted by Gasteiger charge is 2.24. The number of aryl methyl sites for hydroxylation is 2. The van der Waals surface area contributed by atoms with Gasteiger partial charge in [0.1, 0.15) is 11.4 Å². The second-order valence-corrected chi connectivity index (χ2v) is 7.10. The number of para-hydroxylation sites is 2. The molecule has 0 bridgehead atoms. The van der Waals surface area contributed by atoms with E-state index in [1.807, 2.05) is 45.3 Å². The van der Waals surface area contributed by atoms with E-state index in [1.54, 1.807) is 17.8 Å². The van der Waals surface area contributed by atoms with Gasteiger partial charge in [-0.25, -0.2) is 9.98 Å². The molecule has 3 rings (SSSR count). The van der Waals surface area contributed by atoms with Gasteiger partial charge in [-0.05, 0) is 32.9 Å². The lowest BCUT2D eigenvalue weighted by Crippen LogP contribution is -2.40. The average Bonchev–Trinajstić information content (AvgIpc) is 3.23. The fraction of sp³-hybridized carbons (Fsp3) is 0.450. The summed E-state index contributed by atoms with van der Waals surface area (Å²) in [5.74, 6) is 1.66. The number of imidazole rings is 1. The Hall–Kier alpha value is -2.14. The number of hydrogen-bond acceptors (Lipinski definition) is 4. The van der Waals surface area contributed by atoms with Gasteiger partial charge in [-0.15, -0.1) is 24.0 Å². The number of halogens is 1. The van der Waals surface area contributed by atoms with E-state index in [1.165, 1.54) is 0 Å². The van der Waals surface area contributed by atoms with Crippen LogP contribution in [0, 0.1) is 6.92 Å². The Labute approximate surface area is 188 Å². The molecule has 0 radical (unpaired) electrons. The largest absolute Gasteiger partial charge is 0.383 e. The first-order valence-corrected chi connectivity index (χ1v) is 9.56. The smallest absolute Gasteiger partial charge is 0.191 e. The summed E-state index contributed by atoms with van der Waals surface area (Å²) < 4.78 is 3.87. The lowest BCUT2D eigenvalue weighted by Gasteiger charge is -2.20. The standard InChI is InChI=1S/C20H29N7O.HI/c1-5-21-19(23-14-20(3,28)16-12-24-26(4)13-16)22-10-11-27-15(2)25-17-8-6-7-9-18(17)27;/h6-9,12-13,28H,5,10-11,14H2,1-4H3,(H2,21,22,23);1H. The van der Waals surface area contributed by atoms with Crippen LogP contribution >= 0.6 is 24.0 Å². The highest BCUT2D eigenvalue weighted by atomic mass is 127. The van der Waals surface area contributed by atoms with Crippen molar-refractivity contribution in [3.63, 3.8) is 0 Å². The molecule has 1 atom stereocenters. The normalized spacial score (nSPS) is 13.8. The van der Waals surface area contributed by atoms with Gasteiger partial charge >= 0.3 is 0 Å². The summed E-state index contributed by atoms with van der Waals surface area (Å²) in [4.78, 5) is 9.16. The van der Waals surface area contributed by atoms with Gasteiger partial charge in [0.25, 0.3) is 0 Å². The van der Waals surface area contributed by atoms with Crippen LogP contribution in [0.25, 0.3) is 11.0 Å². The fourth-order valence-electron chi connectivity index (χ4n) is 3.13. The van der Waals surface area contributed by atoms with Crippen LogP contribution in [0.2, 0.25) is 0 Å². The first-order chi connectivity index (χ1) is 13.4. The van der Waals surface area contributed by atoms with Crippen LogP contribution in [0.5, 0.6) is 0 Å². The van der Waals surface area contributed by atoms with Crippen molar-refractivity contribution in [1.82, 2.24) is 30.0 Å². The maximum Gasteiger partial charge on any atom is 0.191 e. The van der Waals surface area contributed by atoms with E-state index in [4.69, 9.17) is 0 Å². The summed E-state index contributed by atoms with van der Waals surface area (Å²) in [5, 5.41) is 21.4. The molecule has 3 aromatic rings. The van der Waals surface area contributed by atoms with E-state index in [0.717, 1.165) is 35.5 Å². The second-order valence-electron chi connectivity index (χ2n) is 7.10. The SMILES string of the molecule is CCNC(=NCC(C)(O)c1cnn(C)c1)NCCn1c(C)nc2ccccc21.I. The van der Waals surface area contributed by atoms with E-state index < -0.39 is 5.60 Å². The summed E-state index contributed by atoms with van der Waals surface area (Å²) in [7, 11) is 1.83. The maximum absolute atomic E-state index is 10.7. The van der Waals surface area contributed by atoms with Crippen molar-refractivity contribution in [3.05, 3.63) is 48.0 Å². The minimum Gasteiger partial charge on any atom is -0.383 e. The van der Waals surface area contributed by atoms with Gasteiger partial charge in [-0.2, -0.15) is 5.10 Å². The Kier molecular flexibility index (Phi) is 8.03. The van der Waals surface area contributed by atoms with Crippen molar-refractivity contribution in [2.75, 3.05) is 19.6 Å². The van der Waals surface area contributed by atoms with Gasteiger partial charge in [0.15, 0.2) is 5.96 Å². The highest BCUT2D eigenvalue weighted by Crippen LogP contribution is 2.20. The molecule has 2 heterocycles. The first kappa shape index (κ1) is 23.1. The average molecular weight is 511 g/mol. The summed E-state index contributed by atoms with van der Waals surface area (Å²) in [6.45, 7) is 8.24. The zero-order valence-corrected chi connectivity index (χ0v) is 19.7. The van der Waals surface area contributed by atoms with Crippen LogP contribution in [0.15, 0.2) is 41.7 Å². The second kappa shape index (κ2) is 10.1. The molecule has 1 unspecified atom stereocenters. The van der Waals surface area contributed by atoms with Gasteiger partial charge in [-0.3, -0.25) is 4.68 Å². The van der Waals surface area contributed by atoms with Crippen molar-refractivity contribution in [1.29, 1.82) is 0 Å². The van der Waals surface area contributed by atoms with E-state index in [2.05, 4.69) is 36.3 Å². The number of nitrogens with one attached hydrogen (secondary N) is 2. The van der Waals surface area contributed by atoms with Crippen LogP contribution < -0.4 is 10.6 Å². The number of nitrogens with zero attached hydrogens (tertiary/aromatic N) is 5. The Morgan fingerprint density at radius 3 is 2.72 bits per heavy atom. The zero-order valence-electron chi connectivity index (χ0n) is 17.4. The third-order valence-corrected chi connectivity index (χ3v) is 4.69. The van der Waals surface area contributed by atoms with Gasteiger partial charge in [0, 0.05) is 38.4 Å². The van der Waals surface area contributed by atoms with Crippen LogP contribution in [-0.2, 0) is 19.2 Å². The minimum atomic E-state index is -1.08. The van der Waals surface area contributed by atoms with E-state index in [0.29, 0.717) is 12.5 Å². The van der Waals surface area contributed by atoms with Crippen LogP contribution in [-0.4, -0.2) is 50.0 Å². The molecule has 0 aliphatic carbocycles. The van der Waals surface area contributed by atoms with Crippen LogP contribution in [0.1, 0.15) is 25.2 Å². The van der Waals surface area contributed by atoms with E-state index in [9.17, 15) is 5.11 Å². The van der Waals surface area contributed by atoms with Gasteiger partial charge in [-0.1, -0.05) is 12.1 Å². The minimum absolute atomic E-state index is 0. The molecular weight excluding hydrogens is 481 g/mol. The summed E-state index contributed by atoms with van der Waals surface area (Å²) in [5.41, 5.74) is 1.81. The predicted octanol–water partition coefficient (Wildman–Crippen LogP) is 2.16. The number of benzene rings is 1. The van der Waals surface area contributed by atoms with Crippen molar-refractivity contribution < 1.29 is 5.11 Å². The third-order valence-electron chi connectivity index (χ3n) is 4.69. The molecule has 1 aromatic carbocycles. The lowest BCUT2D eigenvalue weighted by atomic mass is 10.0. The third kappa shape index (κ3) is 5.69. The highest BCUT2D eigenvalue weighted by molar-refractivity contribution is 14.0. The summed E-state index contributed by atoms with van der Waals surface area (Å²) >= 11 is 0. The zero-order chi connectivity index (χ0) is 20.1. The van der Waals surface area contributed by atoms with Crippen molar-refractivity contribution in [2.45, 2.75) is 32.9 Å². The number of aliphatic imine (C=N–C) groups is 1. The molecule has 0 amide bonds. The molecule has 0 fully saturated rings. The van der Waals surface area contributed by atoms with E-state index in [-0.39, 0.29) is 30.5 Å². The molecule has 0 saturated carbocycles. The van der Waals surface area contributed by atoms with Crippen LogP contribution in [0.4, 0.5) is 0 Å². The molecule has 2 aromatic heterocycles. The molecule has 9 heteroatoms. The van der Waals surface area contributed by atoms with Gasteiger partial charge in [0.2, 0.25) is 0 Å². The topological polar surface area (TPSA) is 92.3 Å².